The number of hydrogen-bond donors (Lipinski definition) is 0. The highest BCUT2D eigenvalue weighted by Crippen LogP contribution is 2.39. The summed E-state index contributed by atoms with van der Waals surface area (Å²) in [5, 5.41) is 0. The molecule has 2 aromatic rings. The molecule has 7 heteroatoms. The lowest BCUT2D eigenvalue weighted by Gasteiger charge is -2.35. The number of aromatic nitrogens is 2. The number of rotatable bonds is 2. The van der Waals surface area contributed by atoms with Crippen molar-refractivity contribution in [1.82, 2.24) is 14.9 Å². The Balaban J connectivity index is 1.81. The van der Waals surface area contributed by atoms with E-state index in [9.17, 15) is 8.42 Å². The average molecular weight is 357 g/mol. The number of likely N-dealkylation sites (N-methyl/N-ethyl adjacent to an activating group) is 1. The van der Waals surface area contributed by atoms with E-state index in [1.165, 1.54) is 0 Å². The molecule has 1 aliphatic carbocycles. The summed E-state index contributed by atoms with van der Waals surface area (Å²) in [6.07, 6.45) is 3.18. The van der Waals surface area contributed by atoms with Crippen LogP contribution in [-0.4, -0.2) is 49.2 Å². The van der Waals surface area contributed by atoms with Gasteiger partial charge < -0.3 is 9.08 Å². The van der Waals surface area contributed by atoms with E-state index >= 15 is 0 Å². The second-order valence-corrected chi connectivity index (χ2v) is 8.18. The fourth-order valence-electron chi connectivity index (χ4n) is 3.40. The predicted octanol–water partition coefficient (Wildman–Crippen LogP) is 2.09. The first-order valence-electron chi connectivity index (χ1n) is 8.18. The van der Waals surface area contributed by atoms with Crippen molar-refractivity contribution in [2.24, 2.45) is 0 Å². The SMILES string of the molecule is CN(C)C1CS(=O)(=O)OC2=C1CCc1nc(-c3ccccc3)ncc12. The minimum Gasteiger partial charge on any atom is -0.382 e. The van der Waals surface area contributed by atoms with Gasteiger partial charge in [0.05, 0.1) is 17.3 Å². The van der Waals surface area contributed by atoms with Crippen LogP contribution in [-0.2, 0) is 20.7 Å². The van der Waals surface area contributed by atoms with Crippen LogP contribution < -0.4 is 0 Å². The molecule has 1 atom stereocenters. The van der Waals surface area contributed by atoms with E-state index in [1.807, 2.05) is 49.3 Å². The molecule has 2 heterocycles. The van der Waals surface area contributed by atoms with Gasteiger partial charge in [-0.1, -0.05) is 30.3 Å². The third-order valence-electron chi connectivity index (χ3n) is 4.66. The lowest BCUT2D eigenvalue weighted by molar-refractivity contribution is 0.318. The van der Waals surface area contributed by atoms with Crippen LogP contribution in [0.25, 0.3) is 17.1 Å². The molecule has 0 saturated heterocycles. The molecular formula is C18H19N3O3S. The molecule has 0 amide bonds. The van der Waals surface area contributed by atoms with Gasteiger partial charge in [0.1, 0.15) is 5.75 Å². The number of nitrogens with zero attached hydrogens (tertiary/aromatic N) is 3. The third kappa shape index (κ3) is 2.94. The van der Waals surface area contributed by atoms with Gasteiger partial charge in [0.15, 0.2) is 11.6 Å². The van der Waals surface area contributed by atoms with E-state index in [0.717, 1.165) is 29.7 Å². The van der Waals surface area contributed by atoms with Crippen molar-refractivity contribution in [3.8, 4) is 11.4 Å². The van der Waals surface area contributed by atoms with Crippen LogP contribution >= 0.6 is 0 Å². The Labute approximate surface area is 147 Å². The Morgan fingerprint density at radius 2 is 1.92 bits per heavy atom. The molecule has 130 valence electrons. The molecule has 0 radical (unpaired) electrons. The third-order valence-corrected chi connectivity index (χ3v) is 5.81. The molecular weight excluding hydrogens is 338 g/mol. The Kier molecular flexibility index (Phi) is 3.85. The topological polar surface area (TPSA) is 72.4 Å². The number of hydrogen-bond acceptors (Lipinski definition) is 6. The normalized spacial score (nSPS) is 21.5. The van der Waals surface area contributed by atoms with Crippen LogP contribution in [0, 0.1) is 0 Å². The molecule has 2 aliphatic rings. The summed E-state index contributed by atoms with van der Waals surface area (Å²) in [6.45, 7) is 0. The van der Waals surface area contributed by atoms with Crippen molar-refractivity contribution in [3.05, 3.63) is 53.4 Å². The van der Waals surface area contributed by atoms with Crippen molar-refractivity contribution in [2.45, 2.75) is 18.9 Å². The Bertz CT molecular complexity index is 953. The Hall–Kier alpha value is -2.25. The summed E-state index contributed by atoms with van der Waals surface area (Å²) in [5.74, 6) is 1.05. The van der Waals surface area contributed by atoms with Gasteiger partial charge in [0, 0.05) is 11.8 Å². The monoisotopic (exact) mass is 357 g/mol. The standard InChI is InChI=1S/C18H19N3O3S/c1-21(2)16-11-25(22,23)24-17-13(16)8-9-15-14(17)10-19-18(20-15)12-6-4-3-5-7-12/h3-7,10,16H,8-9,11H2,1-2H3. The summed E-state index contributed by atoms with van der Waals surface area (Å²) >= 11 is 0. The van der Waals surface area contributed by atoms with Crippen molar-refractivity contribution >= 4 is 15.9 Å². The molecule has 0 saturated carbocycles. The van der Waals surface area contributed by atoms with E-state index in [1.54, 1.807) is 6.20 Å². The molecule has 1 aromatic heterocycles. The van der Waals surface area contributed by atoms with Crippen molar-refractivity contribution < 1.29 is 12.6 Å². The van der Waals surface area contributed by atoms with Crippen LogP contribution in [0.1, 0.15) is 17.7 Å². The molecule has 6 nitrogen and oxygen atoms in total. The molecule has 25 heavy (non-hydrogen) atoms. The van der Waals surface area contributed by atoms with E-state index in [4.69, 9.17) is 4.18 Å². The lowest BCUT2D eigenvalue weighted by atomic mass is 9.90. The van der Waals surface area contributed by atoms with Crippen LogP contribution in [0.5, 0.6) is 0 Å². The second kappa shape index (κ2) is 5.93. The quantitative estimate of drug-likeness (QED) is 0.767. The molecule has 0 spiro atoms. The summed E-state index contributed by atoms with van der Waals surface area (Å²) < 4.78 is 29.8. The molecule has 1 aliphatic heterocycles. The van der Waals surface area contributed by atoms with E-state index in [0.29, 0.717) is 17.1 Å². The van der Waals surface area contributed by atoms with E-state index < -0.39 is 10.1 Å². The summed E-state index contributed by atoms with van der Waals surface area (Å²) in [7, 11) is 0.172. The fraction of sp³-hybridized carbons (Fsp3) is 0.333. The fourth-order valence-corrected chi connectivity index (χ4v) is 4.80. The highest BCUT2D eigenvalue weighted by atomic mass is 32.2. The highest BCUT2D eigenvalue weighted by Gasteiger charge is 2.38. The van der Waals surface area contributed by atoms with Gasteiger partial charge in [0.25, 0.3) is 0 Å². The van der Waals surface area contributed by atoms with Crippen molar-refractivity contribution in [2.75, 3.05) is 19.8 Å². The van der Waals surface area contributed by atoms with Gasteiger partial charge in [-0.2, -0.15) is 8.42 Å². The van der Waals surface area contributed by atoms with Gasteiger partial charge in [0.2, 0.25) is 0 Å². The lowest BCUT2D eigenvalue weighted by Crippen LogP contribution is -2.41. The zero-order valence-electron chi connectivity index (χ0n) is 14.1. The highest BCUT2D eigenvalue weighted by molar-refractivity contribution is 7.87. The number of aryl methyl sites for hydroxylation is 1. The van der Waals surface area contributed by atoms with Crippen LogP contribution in [0.15, 0.2) is 42.1 Å². The largest absolute Gasteiger partial charge is 0.382 e. The van der Waals surface area contributed by atoms with Gasteiger partial charge in [-0.05, 0) is 32.5 Å². The molecule has 0 fully saturated rings. The maximum atomic E-state index is 12.2. The maximum Gasteiger partial charge on any atom is 0.311 e. The molecule has 0 bridgehead atoms. The summed E-state index contributed by atoms with van der Waals surface area (Å²) in [5.41, 5.74) is 3.48. The second-order valence-electron chi connectivity index (χ2n) is 6.56. The molecule has 1 unspecified atom stereocenters. The molecule has 0 N–H and O–H groups in total. The average Bonchev–Trinajstić information content (AvgIpc) is 2.60. The zero-order chi connectivity index (χ0) is 17.6. The van der Waals surface area contributed by atoms with Crippen LogP contribution in [0.2, 0.25) is 0 Å². The summed E-state index contributed by atoms with van der Waals surface area (Å²) in [4.78, 5) is 11.0. The minimum absolute atomic E-state index is 0.0167. The van der Waals surface area contributed by atoms with Crippen LogP contribution in [0.4, 0.5) is 0 Å². The van der Waals surface area contributed by atoms with Crippen molar-refractivity contribution in [3.63, 3.8) is 0 Å². The van der Waals surface area contributed by atoms with Gasteiger partial charge in [-0.15, -0.1) is 0 Å². The first-order valence-corrected chi connectivity index (χ1v) is 9.76. The predicted molar refractivity (Wildman–Crippen MR) is 95.1 cm³/mol. The summed E-state index contributed by atoms with van der Waals surface area (Å²) in [6, 6.07) is 9.57. The Morgan fingerprint density at radius 1 is 1.16 bits per heavy atom. The van der Waals surface area contributed by atoms with Gasteiger partial charge in [-0.25, -0.2) is 9.97 Å². The number of fused-ring (bicyclic) bond motifs is 2. The number of benzene rings is 1. The van der Waals surface area contributed by atoms with Gasteiger partial charge >= 0.3 is 10.1 Å². The Morgan fingerprint density at radius 3 is 2.64 bits per heavy atom. The van der Waals surface area contributed by atoms with Crippen LogP contribution in [0.3, 0.4) is 0 Å². The molecule has 4 rings (SSSR count). The van der Waals surface area contributed by atoms with E-state index in [-0.39, 0.29) is 11.8 Å². The maximum absolute atomic E-state index is 12.2. The molecule has 1 aromatic carbocycles. The van der Waals surface area contributed by atoms with Gasteiger partial charge in [-0.3, -0.25) is 0 Å². The van der Waals surface area contributed by atoms with E-state index in [2.05, 4.69) is 9.97 Å². The zero-order valence-corrected chi connectivity index (χ0v) is 15.0. The smallest absolute Gasteiger partial charge is 0.311 e. The minimum atomic E-state index is -3.61. The first-order chi connectivity index (χ1) is 11.9. The first kappa shape index (κ1) is 16.2. The van der Waals surface area contributed by atoms with Crippen molar-refractivity contribution in [1.29, 1.82) is 0 Å².